The van der Waals surface area contributed by atoms with Crippen LogP contribution in [0.25, 0.3) is 0 Å². The Bertz CT molecular complexity index is 533. The van der Waals surface area contributed by atoms with Gasteiger partial charge in [0.2, 0.25) is 10.7 Å². The number of anilines is 1. The van der Waals surface area contributed by atoms with Crippen LogP contribution in [0.3, 0.4) is 0 Å². The van der Waals surface area contributed by atoms with Gasteiger partial charge in [0.05, 0.1) is 12.1 Å². The van der Waals surface area contributed by atoms with E-state index in [-0.39, 0.29) is 0 Å². The van der Waals surface area contributed by atoms with Crippen LogP contribution in [0.1, 0.15) is 19.4 Å². The standard InChI is InChI=1S/C13H17BrN4O/c1-13(2,19)9-15-12-16-11(14)17-18(12)8-10-6-4-3-5-7-10/h3-7,19H,8-9H2,1-2H3,(H,15,16,17). The molecule has 2 aromatic rings. The van der Waals surface area contributed by atoms with Crippen molar-refractivity contribution in [1.29, 1.82) is 0 Å². The average Bonchev–Trinajstić information content (AvgIpc) is 2.67. The van der Waals surface area contributed by atoms with Crippen molar-refractivity contribution in [3.63, 3.8) is 0 Å². The highest BCUT2D eigenvalue weighted by Crippen LogP contribution is 2.13. The fraction of sp³-hybridized carbons (Fsp3) is 0.385. The van der Waals surface area contributed by atoms with Gasteiger partial charge in [0.15, 0.2) is 0 Å². The fourth-order valence-corrected chi connectivity index (χ4v) is 1.97. The van der Waals surface area contributed by atoms with E-state index in [1.165, 1.54) is 0 Å². The molecule has 0 unspecified atom stereocenters. The van der Waals surface area contributed by atoms with Gasteiger partial charge in [-0.2, -0.15) is 4.98 Å². The molecule has 19 heavy (non-hydrogen) atoms. The Morgan fingerprint density at radius 3 is 2.63 bits per heavy atom. The first kappa shape index (κ1) is 14.0. The van der Waals surface area contributed by atoms with E-state index in [1.807, 2.05) is 30.3 Å². The Morgan fingerprint density at radius 2 is 2.00 bits per heavy atom. The van der Waals surface area contributed by atoms with Crippen LogP contribution in [0, 0.1) is 0 Å². The highest BCUT2D eigenvalue weighted by molar-refractivity contribution is 9.10. The van der Waals surface area contributed by atoms with Gasteiger partial charge in [0.25, 0.3) is 0 Å². The van der Waals surface area contributed by atoms with E-state index in [1.54, 1.807) is 18.5 Å². The summed E-state index contributed by atoms with van der Waals surface area (Å²) in [5.74, 6) is 0.637. The predicted octanol–water partition coefficient (Wildman–Crippen LogP) is 2.27. The lowest BCUT2D eigenvalue weighted by Crippen LogP contribution is -2.30. The first-order valence-corrected chi connectivity index (χ1v) is 6.84. The van der Waals surface area contributed by atoms with Crippen molar-refractivity contribution in [2.24, 2.45) is 0 Å². The molecule has 0 radical (unpaired) electrons. The molecule has 2 rings (SSSR count). The number of aromatic nitrogens is 3. The summed E-state index contributed by atoms with van der Waals surface area (Å²) in [5, 5.41) is 17.1. The third kappa shape index (κ3) is 4.33. The molecule has 0 aliphatic carbocycles. The van der Waals surface area contributed by atoms with Gasteiger partial charge in [-0.15, -0.1) is 5.10 Å². The zero-order valence-corrected chi connectivity index (χ0v) is 12.6. The first-order valence-electron chi connectivity index (χ1n) is 6.04. The number of nitrogens with zero attached hydrogens (tertiary/aromatic N) is 3. The summed E-state index contributed by atoms with van der Waals surface area (Å²) >= 11 is 3.27. The summed E-state index contributed by atoms with van der Waals surface area (Å²) in [7, 11) is 0. The highest BCUT2D eigenvalue weighted by Gasteiger charge is 2.15. The minimum absolute atomic E-state index is 0.410. The quantitative estimate of drug-likeness (QED) is 0.885. The molecule has 2 N–H and O–H groups in total. The van der Waals surface area contributed by atoms with E-state index >= 15 is 0 Å². The predicted molar refractivity (Wildman–Crippen MR) is 78.1 cm³/mol. The van der Waals surface area contributed by atoms with Crippen LogP contribution in [0.2, 0.25) is 0 Å². The minimum atomic E-state index is -0.796. The molecule has 1 aromatic carbocycles. The molecule has 0 fully saturated rings. The lowest BCUT2D eigenvalue weighted by molar-refractivity contribution is 0.0942. The number of halogens is 1. The molecule has 0 amide bonds. The van der Waals surface area contributed by atoms with Gasteiger partial charge >= 0.3 is 0 Å². The Morgan fingerprint density at radius 1 is 1.32 bits per heavy atom. The SMILES string of the molecule is CC(C)(O)CNc1nc(Br)nn1Cc1ccccc1. The largest absolute Gasteiger partial charge is 0.389 e. The molecule has 0 saturated heterocycles. The van der Waals surface area contributed by atoms with Gasteiger partial charge in [-0.25, -0.2) is 4.68 Å². The first-order chi connectivity index (χ1) is 8.94. The summed E-state index contributed by atoms with van der Waals surface area (Å²) in [6.07, 6.45) is 0. The third-order valence-corrected chi connectivity index (χ3v) is 2.84. The summed E-state index contributed by atoms with van der Waals surface area (Å²) in [6.45, 7) is 4.53. The van der Waals surface area contributed by atoms with E-state index in [0.29, 0.717) is 23.8 Å². The van der Waals surface area contributed by atoms with Crippen LogP contribution in [-0.4, -0.2) is 32.0 Å². The highest BCUT2D eigenvalue weighted by atomic mass is 79.9. The molecular formula is C13H17BrN4O. The third-order valence-electron chi connectivity index (χ3n) is 2.50. The molecular weight excluding hydrogens is 308 g/mol. The van der Waals surface area contributed by atoms with E-state index in [2.05, 4.69) is 31.3 Å². The van der Waals surface area contributed by atoms with Crippen LogP contribution in [0.15, 0.2) is 35.1 Å². The van der Waals surface area contributed by atoms with Crippen LogP contribution < -0.4 is 5.32 Å². The van der Waals surface area contributed by atoms with Gasteiger partial charge < -0.3 is 10.4 Å². The van der Waals surface area contributed by atoms with Crippen LogP contribution in [0.4, 0.5) is 5.95 Å². The van der Waals surface area contributed by atoms with Crippen molar-refractivity contribution in [1.82, 2.24) is 14.8 Å². The summed E-state index contributed by atoms with van der Waals surface area (Å²) in [4.78, 5) is 4.26. The fourth-order valence-electron chi connectivity index (χ4n) is 1.61. The lowest BCUT2D eigenvalue weighted by Gasteiger charge is -2.18. The number of nitrogens with one attached hydrogen (secondary N) is 1. The lowest BCUT2D eigenvalue weighted by atomic mass is 10.1. The Hall–Kier alpha value is -1.40. The van der Waals surface area contributed by atoms with E-state index in [4.69, 9.17) is 0 Å². The number of aliphatic hydroxyl groups is 1. The summed E-state index contributed by atoms with van der Waals surface area (Å²) < 4.78 is 2.30. The van der Waals surface area contributed by atoms with Crippen molar-refractivity contribution >= 4 is 21.9 Å². The van der Waals surface area contributed by atoms with Crippen LogP contribution in [-0.2, 0) is 6.54 Å². The second-order valence-electron chi connectivity index (χ2n) is 5.01. The van der Waals surface area contributed by atoms with Crippen molar-refractivity contribution in [3.8, 4) is 0 Å². The number of hydrogen-bond acceptors (Lipinski definition) is 4. The van der Waals surface area contributed by atoms with Crippen molar-refractivity contribution in [2.75, 3.05) is 11.9 Å². The summed E-state index contributed by atoms with van der Waals surface area (Å²) in [6, 6.07) is 10.0. The molecule has 102 valence electrons. The van der Waals surface area contributed by atoms with Crippen LogP contribution >= 0.6 is 15.9 Å². The Kier molecular flexibility index (Phi) is 4.21. The molecule has 1 aromatic heterocycles. The Labute approximate surface area is 120 Å². The summed E-state index contributed by atoms with van der Waals surface area (Å²) in [5.41, 5.74) is 0.349. The average molecular weight is 325 g/mol. The van der Waals surface area contributed by atoms with Gasteiger partial charge in [-0.3, -0.25) is 0 Å². The molecule has 0 saturated carbocycles. The molecule has 5 nitrogen and oxygen atoms in total. The molecule has 0 atom stereocenters. The van der Waals surface area contributed by atoms with Crippen LogP contribution in [0.5, 0.6) is 0 Å². The van der Waals surface area contributed by atoms with Crippen molar-refractivity contribution < 1.29 is 5.11 Å². The zero-order valence-electron chi connectivity index (χ0n) is 11.0. The maximum Gasteiger partial charge on any atom is 0.222 e. The minimum Gasteiger partial charge on any atom is -0.389 e. The Balaban J connectivity index is 2.12. The number of rotatable bonds is 5. The van der Waals surface area contributed by atoms with Crippen molar-refractivity contribution in [2.45, 2.75) is 26.0 Å². The molecule has 0 spiro atoms. The topological polar surface area (TPSA) is 63.0 Å². The van der Waals surface area contributed by atoms with Gasteiger partial charge in [0, 0.05) is 6.54 Å². The molecule has 0 bridgehead atoms. The number of hydrogen-bond donors (Lipinski definition) is 2. The molecule has 1 heterocycles. The smallest absolute Gasteiger partial charge is 0.222 e. The van der Waals surface area contributed by atoms with Gasteiger partial charge in [0.1, 0.15) is 0 Å². The molecule has 6 heteroatoms. The normalized spacial score (nSPS) is 11.6. The maximum atomic E-state index is 9.73. The molecule has 0 aliphatic rings. The second-order valence-corrected chi connectivity index (χ2v) is 5.72. The maximum absolute atomic E-state index is 9.73. The van der Waals surface area contributed by atoms with E-state index in [0.717, 1.165) is 5.56 Å². The van der Waals surface area contributed by atoms with E-state index < -0.39 is 5.60 Å². The zero-order chi connectivity index (χ0) is 13.9. The van der Waals surface area contributed by atoms with Crippen molar-refractivity contribution in [3.05, 3.63) is 40.6 Å². The van der Waals surface area contributed by atoms with Gasteiger partial charge in [-0.05, 0) is 35.3 Å². The molecule has 0 aliphatic heterocycles. The monoisotopic (exact) mass is 324 g/mol. The second kappa shape index (κ2) is 5.71. The number of benzene rings is 1. The van der Waals surface area contributed by atoms with Gasteiger partial charge in [-0.1, -0.05) is 30.3 Å². The van der Waals surface area contributed by atoms with E-state index in [9.17, 15) is 5.11 Å².